The summed E-state index contributed by atoms with van der Waals surface area (Å²) < 4.78 is 1.96. The van der Waals surface area contributed by atoms with Crippen molar-refractivity contribution in [1.82, 2.24) is 9.88 Å². The number of nitrogen functional groups attached to an aromatic ring is 1. The number of benzene rings is 1. The van der Waals surface area contributed by atoms with E-state index in [1.807, 2.05) is 0 Å². The normalized spacial score (nSPS) is 13.2. The molecule has 20 heavy (non-hydrogen) atoms. The third-order valence-electron chi connectivity index (χ3n) is 3.02. The van der Waals surface area contributed by atoms with Crippen LogP contribution in [0, 0.1) is 0 Å². The van der Waals surface area contributed by atoms with Crippen LogP contribution >= 0.6 is 15.9 Å². The van der Waals surface area contributed by atoms with Crippen molar-refractivity contribution in [2.45, 2.75) is 0 Å². The van der Waals surface area contributed by atoms with E-state index in [0.717, 1.165) is 10.5 Å². The summed E-state index contributed by atoms with van der Waals surface area (Å²) in [4.78, 5) is 35.4. The Hall–Kier alpha value is -2.41. The van der Waals surface area contributed by atoms with Crippen LogP contribution in [0.5, 0.6) is 0 Å². The van der Waals surface area contributed by atoms with Crippen molar-refractivity contribution in [2.75, 3.05) is 5.73 Å². The van der Waals surface area contributed by atoms with Gasteiger partial charge in [-0.2, -0.15) is 0 Å². The zero-order valence-electron chi connectivity index (χ0n) is 10.0. The molecule has 6 nitrogen and oxygen atoms in total. The summed E-state index contributed by atoms with van der Waals surface area (Å²) in [5.41, 5.74) is 6.00. The second kappa shape index (κ2) is 4.31. The van der Waals surface area contributed by atoms with Crippen LogP contribution in [0.2, 0.25) is 0 Å². The summed E-state index contributed by atoms with van der Waals surface area (Å²) in [6, 6.07) is 8.04. The van der Waals surface area contributed by atoms with Gasteiger partial charge >= 0.3 is 0 Å². The molecule has 3 N–H and O–H groups in total. The minimum Gasteiger partial charge on any atom is -0.384 e. The topological polar surface area (TPSA) is 94.2 Å². The number of pyridine rings is 1. The van der Waals surface area contributed by atoms with Crippen molar-refractivity contribution >= 4 is 33.6 Å². The third-order valence-corrected chi connectivity index (χ3v) is 3.51. The highest BCUT2D eigenvalue weighted by Gasteiger charge is 2.31. The Labute approximate surface area is 121 Å². The van der Waals surface area contributed by atoms with Crippen LogP contribution in [0.25, 0.3) is 5.69 Å². The van der Waals surface area contributed by atoms with E-state index in [4.69, 9.17) is 5.73 Å². The SMILES string of the molecule is Nc1c2c(cc(=O)n1-c1cccc(Br)c1)C(=O)NC2=O. The fourth-order valence-electron chi connectivity index (χ4n) is 2.16. The molecule has 0 fully saturated rings. The molecule has 1 aliphatic heterocycles. The first kappa shape index (κ1) is 12.6. The predicted octanol–water partition coefficient (Wildman–Crippen LogP) is 1.07. The molecule has 2 amide bonds. The number of carbonyl (C=O) groups is 2. The largest absolute Gasteiger partial charge is 0.384 e. The second-order valence-electron chi connectivity index (χ2n) is 4.26. The van der Waals surface area contributed by atoms with E-state index in [1.54, 1.807) is 24.3 Å². The third kappa shape index (κ3) is 1.75. The number of fused-ring (bicyclic) bond motifs is 1. The van der Waals surface area contributed by atoms with Gasteiger partial charge in [-0.05, 0) is 18.2 Å². The molecule has 1 aromatic heterocycles. The van der Waals surface area contributed by atoms with Crippen LogP contribution in [0.4, 0.5) is 5.82 Å². The summed E-state index contributed by atoms with van der Waals surface area (Å²) in [6.45, 7) is 0. The van der Waals surface area contributed by atoms with Gasteiger partial charge in [0.25, 0.3) is 17.4 Å². The number of amides is 2. The van der Waals surface area contributed by atoms with Crippen LogP contribution in [0.3, 0.4) is 0 Å². The minimum absolute atomic E-state index is 0.0174. The number of hydrogen-bond donors (Lipinski definition) is 2. The van der Waals surface area contributed by atoms with E-state index in [-0.39, 0.29) is 16.9 Å². The summed E-state index contributed by atoms with van der Waals surface area (Å²) in [7, 11) is 0. The van der Waals surface area contributed by atoms with E-state index in [2.05, 4.69) is 21.2 Å². The smallest absolute Gasteiger partial charge is 0.262 e. The molecule has 0 bridgehead atoms. The number of halogens is 1. The molecule has 1 aromatic carbocycles. The molecule has 0 aliphatic carbocycles. The molecule has 0 saturated heterocycles. The Balaban J connectivity index is 2.35. The number of nitrogens with zero attached hydrogens (tertiary/aromatic N) is 1. The van der Waals surface area contributed by atoms with E-state index in [9.17, 15) is 14.4 Å². The van der Waals surface area contributed by atoms with Crippen LogP contribution in [0.15, 0.2) is 39.6 Å². The first-order valence-corrected chi connectivity index (χ1v) is 6.45. The number of imide groups is 1. The van der Waals surface area contributed by atoms with Gasteiger partial charge in [0.05, 0.1) is 16.8 Å². The Kier molecular flexibility index (Phi) is 2.72. The molecule has 3 rings (SSSR count). The molecule has 0 spiro atoms. The highest BCUT2D eigenvalue weighted by molar-refractivity contribution is 9.10. The van der Waals surface area contributed by atoms with Crippen molar-refractivity contribution in [1.29, 1.82) is 0 Å². The maximum absolute atomic E-state index is 12.1. The molecule has 7 heteroatoms. The summed E-state index contributed by atoms with van der Waals surface area (Å²) >= 11 is 3.30. The average molecular weight is 334 g/mol. The standard InChI is InChI=1S/C13H8BrN3O3/c14-6-2-1-3-7(4-6)17-9(18)5-8-10(11(17)15)13(20)16-12(8)19/h1-5H,15H2,(H,16,19,20). The zero-order chi connectivity index (χ0) is 14.4. The summed E-state index contributed by atoms with van der Waals surface area (Å²) in [6.07, 6.45) is 0. The first-order valence-electron chi connectivity index (χ1n) is 5.66. The van der Waals surface area contributed by atoms with Crippen molar-refractivity contribution < 1.29 is 9.59 Å². The number of nitrogens with two attached hydrogens (primary N) is 1. The van der Waals surface area contributed by atoms with Crippen molar-refractivity contribution in [3.8, 4) is 5.69 Å². The van der Waals surface area contributed by atoms with Crippen LogP contribution in [-0.2, 0) is 0 Å². The van der Waals surface area contributed by atoms with E-state index in [1.165, 1.54) is 4.57 Å². The average Bonchev–Trinajstić information content (AvgIpc) is 2.64. The number of nitrogens with one attached hydrogen (secondary N) is 1. The van der Waals surface area contributed by atoms with Crippen LogP contribution < -0.4 is 16.6 Å². The van der Waals surface area contributed by atoms with Crippen LogP contribution in [0.1, 0.15) is 20.7 Å². The second-order valence-corrected chi connectivity index (χ2v) is 5.17. The first-order chi connectivity index (χ1) is 9.49. The molecular formula is C13H8BrN3O3. The van der Waals surface area contributed by atoms with Gasteiger partial charge in [0.15, 0.2) is 0 Å². The van der Waals surface area contributed by atoms with Gasteiger partial charge in [0, 0.05) is 10.5 Å². The maximum atomic E-state index is 12.1. The minimum atomic E-state index is -0.602. The Morgan fingerprint density at radius 3 is 2.55 bits per heavy atom. The van der Waals surface area contributed by atoms with Gasteiger partial charge in [-0.1, -0.05) is 22.0 Å². The maximum Gasteiger partial charge on any atom is 0.262 e. The molecular weight excluding hydrogens is 326 g/mol. The number of hydrogen-bond acceptors (Lipinski definition) is 4. The number of aromatic nitrogens is 1. The molecule has 1 aliphatic rings. The zero-order valence-corrected chi connectivity index (χ0v) is 11.6. The fourth-order valence-corrected chi connectivity index (χ4v) is 2.55. The number of anilines is 1. The quantitative estimate of drug-likeness (QED) is 0.763. The molecule has 2 aromatic rings. The van der Waals surface area contributed by atoms with Gasteiger partial charge < -0.3 is 5.73 Å². The lowest BCUT2D eigenvalue weighted by Gasteiger charge is -2.11. The summed E-state index contributed by atoms with van der Waals surface area (Å²) in [5.74, 6) is -1.24. The van der Waals surface area contributed by atoms with Crippen molar-refractivity contribution in [3.05, 3.63) is 56.3 Å². The summed E-state index contributed by atoms with van der Waals surface area (Å²) in [5, 5.41) is 2.12. The lowest BCUT2D eigenvalue weighted by atomic mass is 10.1. The van der Waals surface area contributed by atoms with E-state index < -0.39 is 17.4 Å². The lowest BCUT2D eigenvalue weighted by molar-refractivity contribution is 0.0880. The van der Waals surface area contributed by atoms with Crippen molar-refractivity contribution in [2.24, 2.45) is 0 Å². The lowest BCUT2D eigenvalue weighted by Crippen LogP contribution is -2.24. The van der Waals surface area contributed by atoms with Gasteiger partial charge in [-0.15, -0.1) is 0 Å². The number of carbonyl (C=O) groups excluding carboxylic acids is 2. The van der Waals surface area contributed by atoms with Gasteiger partial charge in [0.1, 0.15) is 5.82 Å². The highest BCUT2D eigenvalue weighted by Crippen LogP contribution is 2.23. The van der Waals surface area contributed by atoms with E-state index in [0.29, 0.717) is 5.69 Å². The molecule has 0 unspecified atom stereocenters. The van der Waals surface area contributed by atoms with Gasteiger partial charge in [-0.25, -0.2) is 0 Å². The molecule has 0 radical (unpaired) electrons. The van der Waals surface area contributed by atoms with Gasteiger partial charge in [-0.3, -0.25) is 24.3 Å². The number of rotatable bonds is 1. The Morgan fingerprint density at radius 1 is 1.10 bits per heavy atom. The van der Waals surface area contributed by atoms with Gasteiger partial charge in [0.2, 0.25) is 0 Å². The highest BCUT2D eigenvalue weighted by atomic mass is 79.9. The molecule has 100 valence electrons. The van der Waals surface area contributed by atoms with Crippen LogP contribution in [-0.4, -0.2) is 16.4 Å². The van der Waals surface area contributed by atoms with E-state index >= 15 is 0 Å². The molecule has 0 saturated carbocycles. The molecule has 2 heterocycles. The Morgan fingerprint density at radius 2 is 1.85 bits per heavy atom. The monoisotopic (exact) mass is 333 g/mol. The fraction of sp³-hybridized carbons (Fsp3) is 0. The molecule has 0 atom stereocenters. The van der Waals surface area contributed by atoms with Crippen molar-refractivity contribution in [3.63, 3.8) is 0 Å². The Bertz CT molecular complexity index is 826. The predicted molar refractivity (Wildman–Crippen MR) is 75.9 cm³/mol.